The monoisotopic (exact) mass is 346 g/mol. The third kappa shape index (κ3) is 6.01. The number of carbonyl (C=O) groups is 1. The molecule has 0 saturated carbocycles. The van der Waals surface area contributed by atoms with Crippen molar-refractivity contribution >= 4 is 11.6 Å². The van der Waals surface area contributed by atoms with Crippen molar-refractivity contribution in [1.82, 2.24) is 4.90 Å². The molecule has 134 valence electrons. The molecule has 1 atom stereocenters. The van der Waals surface area contributed by atoms with Crippen molar-refractivity contribution in [3.8, 4) is 5.75 Å². The number of halogens is 3. The van der Waals surface area contributed by atoms with E-state index in [1.807, 2.05) is 0 Å². The molecule has 1 amide bonds. The molecule has 0 aromatic heterocycles. The molecule has 5 nitrogen and oxygen atoms in total. The van der Waals surface area contributed by atoms with Crippen LogP contribution in [0.25, 0.3) is 0 Å². The predicted octanol–water partition coefficient (Wildman–Crippen LogP) is 2.76. The zero-order valence-corrected chi connectivity index (χ0v) is 13.2. The lowest BCUT2D eigenvalue weighted by Gasteiger charge is -2.23. The molecule has 0 aliphatic carbocycles. The maximum Gasteiger partial charge on any atom is 0.573 e. The zero-order chi connectivity index (χ0) is 17.6. The number of carbonyl (C=O) groups excluding carboxylic acids is 1. The van der Waals surface area contributed by atoms with Crippen molar-refractivity contribution in [2.75, 3.05) is 25.0 Å². The summed E-state index contributed by atoms with van der Waals surface area (Å²) in [6.07, 6.45) is -1.13. The second kappa shape index (κ2) is 8.34. The van der Waals surface area contributed by atoms with Gasteiger partial charge in [-0.3, -0.25) is 9.69 Å². The Morgan fingerprint density at radius 1 is 1.33 bits per heavy atom. The first-order chi connectivity index (χ1) is 11.4. The van der Waals surface area contributed by atoms with Crippen LogP contribution in [0.1, 0.15) is 25.7 Å². The maximum absolute atomic E-state index is 12.1. The van der Waals surface area contributed by atoms with Gasteiger partial charge < -0.3 is 15.2 Å². The summed E-state index contributed by atoms with van der Waals surface area (Å²) in [5.41, 5.74) is 0.417. The first-order valence-corrected chi connectivity index (χ1v) is 7.88. The highest BCUT2D eigenvalue weighted by Gasteiger charge is 2.31. The molecule has 1 aliphatic heterocycles. The van der Waals surface area contributed by atoms with E-state index in [4.69, 9.17) is 5.11 Å². The molecule has 1 aromatic carbocycles. The van der Waals surface area contributed by atoms with Gasteiger partial charge in [-0.15, -0.1) is 13.2 Å². The van der Waals surface area contributed by atoms with E-state index in [-0.39, 0.29) is 24.8 Å². The molecule has 1 saturated heterocycles. The number of nitrogens with zero attached hydrogens (tertiary/aromatic N) is 1. The van der Waals surface area contributed by atoms with Crippen LogP contribution in [-0.4, -0.2) is 48.0 Å². The highest BCUT2D eigenvalue weighted by atomic mass is 19.4. The van der Waals surface area contributed by atoms with Gasteiger partial charge in [-0.1, -0.05) is 0 Å². The minimum atomic E-state index is -4.73. The topological polar surface area (TPSA) is 61.8 Å². The Balaban J connectivity index is 1.83. The molecule has 1 unspecified atom stereocenters. The van der Waals surface area contributed by atoms with Crippen LogP contribution < -0.4 is 10.1 Å². The Kier molecular flexibility index (Phi) is 6.44. The normalized spacial score (nSPS) is 18.6. The van der Waals surface area contributed by atoms with Gasteiger partial charge in [-0.25, -0.2) is 0 Å². The number of hydrogen-bond donors (Lipinski definition) is 2. The number of benzene rings is 1. The third-order valence-electron chi connectivity index (χ3n) is 3.91. The highest BCUT2D eigenvalue weighted by Crippen LogP contribution is 2.24. The van der Waals surface area contributed by atoms with E-state index < -0.39 is 6.36 Å². The molecular weight excluding hydrogens is 325 g/mol. The summed E-state index contributed by atoms with van der Waals surface area (Å²) in [7, 11) is 0. The molecule has 0 radical (unpaired) electrons. The largest absolute Gasteiger partial charge is 0.573 e. The molecular formula is C16H21F3N2O3. The van der Waals surface area contributed by atoms with Crippen LogP contribution in [0.15, 0.2) is 24.3 Å². The quantitative estimate of drug-likeness (QED) is 0.797. The highest BCUT2D eigenvalue weighted by molar-refractivity contribution is 5.92. The number of rotatable bonds is 7. The number of likely N-dealkylation sites (tertiary alicyclic amines) is 1. The van der Waals surface area contributed by atoms with E-state index in [1.165, 1.54) is 12.1 Å². The smallest absolute Gasteiger partial charge is 0.406 e. The van der Waals surface area contributed by atoms with E-state index in [2.05, 4.69) is 15.0 Å². The summed E-state index contributed by atoms with van der Waals surface area (Å²) < 4.78 is 40.1. The minimum absolute atomic E-state index is 0.142. The third-order valence-corrected chi connectivity index (χ3v) is 3.91. The maximum atomic E-state index is 12.1. The Morgan fingerprint density at radius 2 is 2.04 bits per heavy atom. The van der Waals surface area contributed by atoms with Gasteiger partial charge in [-0.2, -0.15) is 0 Å². The lowest BCUT2D eigenvalue weighted by atomic mass is 10.1. The number of aliphatic hydroxyl groups is 1. The van der Waals surface area contributed by atoms with E-state index in [1.54, 1.807) is 0 Å². The Hall–Kier alpha value is -1.80. The first-order valence-electron chi connectivity index (χ1n) is 7.88. The predicted molar refractivity (Wildman–Crippen MR) is 82.7 cm³/mol. The molecule has 2 N–H and O–H groups in total. The average Bonchev–Trinajstić information content (AvgIpc) is 2.92. The Morgan fingerprint density at radius 3 is 2.67 bits per heavy atom. The number of aliphatic hydroxyl groups excluding tert-OH is 1. The van der Waals surface area contributed by atoms with Crippen LogP contribution in [0.2, 0.25) is 0 Å². The number of alkyl halides is 3. The average molecular weight is 346 g/mol. The molecule has 0 bridgehead atoms. The van der Waals surface area contributed by atoms with Crippen molar-refractivity contribution in [1.29, 1.82) is 0 Å². The van der Waals surface area contributed by atoms with Crippen LogP contribution in [0.5, 0.6) is 5.75 Å². The van der Waals surface area contributed by atoms with Gasteiger partial charge in [0.15, 0.2) is 0 Å². The molecule has 1 aliphatic rings. The van der Waals surface area contributed by atoms with Crippen molar-refractivity contribution in [2.45, 2.75) is 38.1 Å². The summed E-state index contributed by atoms with van der Waals surface area (Å²) in [6.45, 7) is 1.21. The van der Waals surface area contributed by atoms with E-state index in [9.17, 15) is 18.0 Å². The van der Waals surface area contributed by atoms with Crippen LogP contribution in [0, 0.1) is 0 Å². The number of anilines is 1. The van der Waals surface area contributed by atoms with Crippen molar-refractivity contribution in [3.63, 3.8) is 0 Å². The summed E-state index contributed by atoms with van der Waals surface area (Å²) >= 11 is 0. The van der Waals surface area contributed by atoms with Gasteiger partial charge in [0.25, 0.3) is 0 Å². The Labute approximate surface area is 138 Å². The van der Waals surface area contributed by atoms with Gasteiger partial charge in [-0.05, 0) is 56.5 Å². The zero-order valence-electron chi connectivity index (χ0n) is 13.2. The van der Waals surface area contributed by atoms with Crippen molar-refractivity contribution in [2.24, 2.45) is 0 Å². The van der Waals surface area contributed by atoms with Gasteiger partial charge >= 0.3 is 6.36 Å². The summed E-state index contributed by atoms with van der Waals surface area (Å²) in [4.78, 5) is 14.2. The summed E-state index contributed by atoms with van der Waals surface area (Å²) in [5.74, 6) is -0.542. The number of nitrogens with one attached hydrogen (secondary N) is 1. The molecule has 8 heteroatoms. The van der Waals surface area contributed by atoms with Gasteiger partial charge in [0.2, 0.25) is 5.91 Å². The first kappa shape index (κ1) is 18.5. The summed E-state index contributed by atoms with van der Waals surface area (Å²) in [6, 6.07) is 5.34. The second-order valence-electron chi connectivity index (χ2n) is 5.75. The van der Waals surface area contributed by atoms with Gasteiger partial charge in [0, 0.05) is 18.3 Å². The summed E-state index contributed by atoms with van der Waals surface area (Å²) in [5, 5.41) is 11.6. The van der Waals surface area contributed by atoms with Crippen LogP contribution in [0.3, 0.4) is 0 Å². The van der Waals surface area contributed by atoms with E-state index in [0.717, 1.165) is 37.9 Å². The Bertz CT molecular complexity index is 534. The van der Waals surface area contributed by atoms with Crippen molar-refractivity contribution < 1.29 is 27.8 Å². The van der Waals surface area contributed by atoms with Gasteiger partial charge in [0.05, 0.1) is 6.54 Å². The number of hydrogen-bond acceptors (Lipinski definition) is 4. The SMILES string of the molecule is O=C(CN1CCCC1CCCO)Nc1ccc(OC(F)(F)F)cc1. The molecule has 1 heterocycles. The number of amides is 1. The standard InChI is InChI=1S/C16H21F3N2O3/c17-16(18,19)24-14-7-5-12(6-8-14)20-15(23)11-21-9-1-3-13(21)4-2-10-22/h5-8,13,22H,1-4,9-11H2,(H,20,23). The minimum Gasteiger partial charge on any atom is -0.406 e. The lowest BCUT2D eigenvalue weighted by Crippen LogP contribution is -2.36. The van der Waals surface area contributed by atoms with Crippen molar-refractivity contribution in [3.05, 3.63) is 24.3 Å². The van der Waals surface area contributed by atoms with E-state index in [0.29, 0.717) is 18.2 Å². The fourth-order valence-electron chi connectivity index (χ4n) is 2.88. The molecule has 1 aromatic rings. The lowest BCUT2D eigenvalue weighted by molar-refractivity contribution is -0.274. The molecule has 1 fully saturated rings. The van der Waals surface area contributed by atoms with Crippen LogP contribution >= 0.6 is 0 Å². The second-order valence-corrected chi connectivity index (χ2v) is 5.75. The molecule has 2 rings (SSSR count). The fourth-order valence-corrected chi connectivity index (χ4v) is 2.88. The van der Waals surface area contributed by atoms with Crippen LogP contribution in [0.4, 0.5) is 18.9 Å². The molecule has 0 spiro atoms. The molecule has 24 heavy (non-hydrogen) atoms. The van der Waals surface area contributed by atoms with Crippen LogP contribution in [-0.2, 0) is 4.79 Å². The fraction of sp³-hybridized carbons (Fsp3) is 0.562. The number of ether oxygens (including phenoxy) is 1. The van der Waals surface area contributed by atoms with Gasteiger partial charge in [0.1, 0.15) is 5.75 Å². The van der Waals surface area contributed by atoms with E-state index >= 15 is 0 Å².